The second-order valence-electron chi connectivity index (χ2n) is 5.69. The second-order valence-corrected chi connectivity index (χ2v) is 5.69. The van der Waals surface area contributed by atoms with Crippen LogP contribution in [0.2, 0.25) is 0 Å². The monoisotopic (exact) mass is 307 g/mol. The summed E-state index contributed by atoms with van der Waals surface area (Å²) in [6.07, 6.45) is 1.89. The average molecular weight is 307 g/mol. The number of hydrogen-bond donors (Lipinski definition) is 0. The first-order valence-electron chi connectivity index (χ1n) is 7.59. The minimum absolute atomic E-state index is 0.716. The van der Waals surface area contributed by atoms with Crippen LogP contribution in [0.15, 0.2) is 36.4 Å². The molecule has 0 saturated heterocycles. The third kappa shape index (κ3) is 1.95. The lowest BCUT2D eigenvalue weighted by atomic mass is 9.96. The lowest BCUT2D eigenvalue weighted by Crippen LogP contribution is -2.11. The van der Waals surface area contributed by atoms with Crippen molar-refractivity contribution in [2.24, 2.45) is 0 Å². The SMILES string of the molecule is COc1ccc2c(c1)-c1c(C=O)c3cc(OC)ccc3n1CC2. The molecule has 0 atom stereocenters. The number of aldehydes is 1. The van der Waals surface area contributed by atoms with Crippen LogP contribution in [0.5, 0.6) is 11.5 Å². The molecule has 1 aliphatic rings. The molecule has 0 amide bonds. The Labute approximate surface area is 134 Å². The molecule has 0 radical (unpaired) electrons. The van der Waals surface area contributed by atoms with Crippen LogP contribution in [-0.2, 0) is 13.0 Å². The van der Waals surface area contributed by atoms with Gasteiger partial charge in [0.2, 0.25) is 0 Å². The highest BCUT2D eigenvalue weighted by Crippen LogP contribution is 2.40. The number of benzene rings is 2. The fraction of sp³-hybridized carbons (Fsp3) is 0.211. The highest BCUT2D eigenvalue weighted by Gasteiger charge is 2.24. The Balaban J connectivity index is 2.08. The van der Waals surface area contributed by atoms with Crippen molar-refractivity contribution in [1.29, 1.82) is 0 Å². The second kappa shape index (κ2) is 5.16. The van der Waals surface area contributed by atoms with E-state index in [4.69, 9.17) is 9.47 Å². The predicted molar refractivity (Wildman–Crippen MR) is 89.6 cm³/mol. The van der Waals surface area contributed by atoms with Gasteiger partial charge in [0.05, 0.1) is 19.9 Å². The summed E-state index contributed by atoms with van der Waals surface area (Å²) in [5, 5.41) is 0.935. The van der Waals surface area contributed by atoms with E-state index in [0.717, 1.165) is 52.9 Å². The molecule has 3 aromatic rings. The van der Waals surface area contributed by atoms with Gasteiger partial charge in [0.15, 0.2) is 6.29 Å². The average Bonchev–Trinajstić information content (AvgIpc) is 2.94. The molecule has 0 N–H and O–H groups in total. The molecule has 4 heteroatoms. The van der Waals surface area contributed by atoms with Gasteiger partial charge in [-0.3, -0.25) is 4.79 Å². The van der Waals surface area contributed by atoms with E-state index in [9.17, 15) is 4.79 Å². The smallest absolute Gasteiger partial charge is 0.152 e. The molecule has 0 saturated carbocycles. The molecule has 1 aliphatic heterocycles. The van der Waals surface area contributed by atoms with Crippen molar-refractivity contribution in [3.8, 4) is 22.8 Å². The number of methoxy groups -OCH3 is 2. The summed E-state index contributed by atoms with van der Waals surface area (Å²) in [5.74, 6) is 1.56. The van der Waals surface area contributed by atoms with Crippen molar-refractivity contribution in [3.05, 3.63) is 47.5 Å². The van der Waals surface area contributed by atoms with Gasteiger partial charge in [-0.25, -0.2) is 0 Å². The number of nitrogens with zero attached hydrogens (tertiary/aromatic N) is 1. The number of rotatable bonds is 3. The first-order chi connectivity index (χ1) is 11.3. The molecule has 0 aliphatic carbocycles. The minimum atomic E-state index is 0.716. The van der Waals surface area contributed by atoms with E-state index in [-0.39, 0.29) is 0 Å². The van der Waals surface area contributed by atoms with Gasteiger partial charge in [0.25, 0.3) is 0 Å². The first kappa shape index (κ1) is 13.9. The summed E-state index contributed by atoms with van der Waals surface area (Å²) in [7, 11) is 3.30. The maximum atomic E-state index is 11.8. The van der Waals surface area contributed by atoms with Crippen molar-refractivity contribution in [2.45, 2.75) is 13.0 Å². The van der Waals surface area contributed by atoms with Gasteiger partial charge in [-0.2, -0.15) is 0 Å². The summed E-state index contributed by atoms with van der Waals surface area (Å²) < 4.78 is 12.9. The maximum Gasteiger partial charge on any atom is 0.152 e. The molecular formula is C19H17NO3. The van der Waals surface area contributed by atoms with Crippen LogP contribution in [0, 0.1) is 0 Å². The Morgan fingerprint density at radius 1 is 1.04 bits per heavy atom. The zero-order valence-corrected chi connectivity index (χ0v) is 13.1. The third-order valence-corrected chi connectivity index (χ3v) is 4.60. The summed E-state index contributed by atoms with van der Waals surface area (Å²) in [4.78, 5) is 11.8. The summed E-state index contributed by atoms with van der Waals surface area (Å²) in [5.41, 5.74) is 5.08. The number of aromatic nitrogens is 1. The van der Waals surface area contributed by atoms with E-state index in [1.54, 1.807) is 14.2 Å². The van der Waals surface area contributed by atoms with E-state index in [1.807, 2.05) is 30.3 Å². The van der Waals surface area contributed by atoms with Gasteiger partial charge < -0.3 is 14.0 Å². The van der Waals surface area contributed by atoms with E-state index in [0.29, 0.717) is 5.56 Å². The molecule has 0 bridgehead atoms. The number of carbonyl (C=O) groups is 1. The molecule has 0 unspecified atom stereocenters. The zero-order chi connectivity index (χ0) is 16.0. The van der Waals surface area contributed by atoms with Gasteiger partial charge in [0.1, 0.15) is 11.5 Å². The molecule has 4 rings (SSSR count). The normalized spacial score (nSPS) is 12.6. The van der Waals surface area contributed by atoms with Crippen molar-refractivity contribution in [2.75, 3.05) is 14.2 Å². The fourth-order valence-electron chi connectivity index (χ4n) is 3.48. The molecule has 0 fully saturated rings. The van der Waals surface area contributed by atoms with Crippen molar-refractivity contribution >= 4 is 17.2 Å². The van der Waals surface area contributed by atoms with Gasteiger partial charge in [-0.15, -0.1) is 0 Å². The largest absolute Gasteiger partial charge is 0.497 e. The van der Waals surface area contributed by atoms with E-state index in [1.165, 1.54) is 5.56 Å². The van der Waals surface area contributed by atoms with Crippen LogP contribution in [0.25, 0.3) is 22.2 Å². The Morgan fingerprint density at radius 2 is 1.78 bits per heavy atom. The molecule has 116 valence electrons. The lowest BCUT2D eigenvalue weighted by molar-refractivity contribution is 0.112. The van der Waals surface area contributed by atoms with Gasteiger partial charge in [-0.05, 0) is 42.3 Å². The highest BCUT2D eigenvalue weighted by molar-refractivity contribution is 6.06. The fourth-order valence-corrected chi connectivity index (χ4v) is 3.48. The first-order valence-corrected chi connectivity index (χ1v) is 7.59. The van der Waals surface area contributed by atoms with Crippen molar-refractivity contribution < 1.29 is 14.3 Å². The maximum absolute atomic E-state index is 11.8. The topological polar surface area (TPSA) is 40.5 Å². The quantitative estimate of drug-likeness (QED) is 0.693. The standard InChI is InChI=1S/C19H17NO3/c1-22-13-4-3-12-7-8-20-18-6-5-14(23-2)10-16(18)17(11-21)19(20)15(12)9-13/h3-6,9-11H,7-8H2,1-2H3. The van der Waals surface area contributed by atoms with Crippen LogP contribution in [0.4, 0.5) is 0 Å². The Morgan fingerprint density at radius 3 is 2.52 bits per heavy atom. The minimum Gasteiger partial charge on any atom is -0.497 e. The number of aryl methyl sites for hydroxylation is 2. The van der Waals surface area contributed by atoms with Crippen molar-refractivity contribution in [3.63, 3.8) is 0 Å². The molecule has 0 spiro atoms. The van der Waals surface area contributed by atoms with E-state index in [2.05, 4.69) is 10.6 Å². The molecule has 1 aromatic heterocycles. The molecule has 4 nitrogen and oxygen atoms in total. The summed E-state index contributed by atoms with van der Waals surface area (Å²) >= 11 is 0. The molecule has 2 aromatic carbocycles. The predicted octanol–water partition coefficient (Wildman–Crippen LogP) is 3.69. The number of ether oxygens (including phenoxy) is 2. The Hall–Kier alpha value is -2.75. The number of carbonyl (C=O) groups excluding carboxylic acids is 1. The van der Waals surface area contributed by atoms with E-state index < -0.39 is 0 Å². The van der Waals surface area contributed by atoms with Crippen LogP contribution in [-0.4, -0.2) is 25.1 Å². The number of fused-ring (bicyclic) bond motifs is 5. The van der Waals surface area contributed by atoms with Crippen LogP contribution in [0.1, 0.15) is 15.9 Å². The Kier molecular flexibility index (Phi) is 3.11. The molecular weight excluding hydrogens is 290 g/mol. The van der Waals surface area contributed by atoms with Gasteiger partial charge in [0, 0.05) is 28.6 Å². The van der Waals surface area contributed by atoms with E-state index >= 15 is 0 Å². The third-order valence-electron chi connectivity index (χ3n) is 4.60. The van der Waals surface area contributed by atoms with Crippen LogP contribution >= 0.6 is 0 Å². The van der Waals surface area contributed by atoms with Crippen LogP contribution < -0.4 is 9.47 Å². The summed E-state index contributed by atoms with van der Waals surface area (Å²) in [6, 6.07) is 12.0. The molecule has 2 heterocycles. The van der Waals surface area contributed by atoms with Crippen molar-refractivity contribution in [1.82, 2.24) is 4.57 Å². The number of hydrogen-bond acceptors (Lipinski definition) is 3. The molecule has 23 heavy (non-hydrogen) atoms. The van der Waals surface area contributed by atoms with Gasteiger partial charge in [-0.1, -0.05) is 6.07 Å². The Bertz CT molecular complexity index is 924. The van der Waals surface area contributed by atoms with Gasteiger partial charge >= 0.3 is 0 Å². The summed E-state index contributed by atoms with van der Waals surface area (Å²) in [6.45, 7) is 0.866. The highest BCUT2D eigenvalue weighted by atomic mass is 16.5. The lowest BCUT2D eigenvalue weighted by Gasteiger charge is -2.21. The van der Waals surface area contributed by atoms with Crippen LogP contribution in [0.3, 0.4) is 0 Å². The zero-order valence-electron chi connectivity index (χ0n) is 13.1.